The zero-order valence-electron chi connectivity index (χ0n) is 17.0. The van der Waals surface area contributed by atoms with Crippen LogP contribution >= 0.6 is 0 Å². The Bertz CT molecular complexity index is 281. The Labute approximate surface area is 157 Å². The lowest BCUT2D eigenvalue weighted by Gasteiger charge is -2.28. The van der Waals surface area contributed by atoms with E-state index >= 15 is 0 Å². The SMILES string of the molecule is CCCCCCCCCCCCCCCCCC1CCC(O)C(F)C1. The fourth-order valence-electron chi connectivity index (χ4n) is 4.25. The van der Waals surface area contributed by atoms with Crippen molar-refractivity contribution in [3.63, 3.8) is 0 Å². The standard InChI is InChI=1S/C23H45FO/c1-2-3-4-5-6-7-8-9-10-11-12-13-14-15-16-17-21-18-19-23(25)22(24)20-21/h21-23,25H,2-20H2,1H3. The first kappa shape index (κ1) is 22.9. The molecule has 1 aliphatic carbocycles. The average molecular weight is 357 g/mol. The summed E-state index contributed by atoms with van der Waals surface area (Å²) in [6.07, 6.45) is 22.8. The van der Waals surface area contributed by atoms with Crippen LogP contribution in [0, 0.1) is 5.92 Å². The summed E-state index contributed by atoms with van der Waals surface area (Å²) in [5.41, 5.74) is 0. The molecule has 1 saturated carbocycles. The van der Waals surface area contributed by atoms with Gasteiger partial charge in [-0.3, -0.25) is 0 Å². The molecule has 1 nitrogen and oxygen atoms in total. The molecular formula is C23H45FO. The van der Waals surface area contributed by atoms with Crippen molar-refractivity contribution in [3.05, 3.63) is 0 Å². The maximum absolute atomic E-state index is 13.5. The van der Waals surface area contributed by atoms with Crippen molar-refractivity contribution in [1.29, 1.82) is 0 Å². The second-order valence-corrected chi connectivity index (χ2v) is 8.50. The molecule has 1 rings (SSSR count). The molecule has 25 heavy (non-hydrogen) atoms. The summed E-state index contributed by atoms with van der Waals surface area (Å²) >= 11 is 0. The third-order valence-electron chi connectivity index (χ3n) is 6.06. The van der Waals surface area contributed by atoms with Crippen LogP contribution in [0.2, 0.25) is 0 Å². The summed E-state index contributed by atoms with van der Waals surface area (Å²) < 4.78 is 13.5. The molecule has 0 heterocycles. The number of aliphatic hydroxyl groups is 1. The van der Waals surface area contributed by atoms with Gasteiger partial charge in [-0.1, -0.05) is 110 Å². The molecule has 0 saturated heterocycles. The minimum absolute atomic E-state index is 0.528. The molecular weight excluding hydrogens is 311 g/mol. The first-order valence-electron chi connectivity index (χ1n) is 11.6. The number of hydrogen-bond acceptors (Lipinski definition) is 1. The Hall–Kier alpha value is -0.110. The molecule has 2 heteroatoms. The Morgan fingerprint density at radius 2 is 1.12 bits per heavy atom. The van der Waals surface area contributed by atoms with Crippen LogP contribution in [0.25, 0.3) is 0 Å². The molecule has 150 valence electrons. The van der Waals surface area contributed by atoms with Gasteiger partial charge < -0.3 is 5.11 Å². The molecule has 1 aliphatic rings. The van der Waals surface area contributed by atoms with Crippen molar-refractivity contribution in [2.45, 2.75) is 141 Å². The van der Waals surface area contributed by atoms with Gasteiger partial charge in [-0.05, 0) is 25.2 Å². The molecule has 0 aromatic rings. The molecule has 1 fully saturated rings. The highest BCUT2D eigenvalue weighted by Gasteiger charge is 2.28. The molecule has 3 atom stereocenters. The van der Waals surface area contributed by atoms with Gasteiger partial charge in [0.1, 0.15) is 6.17 Å². The Balaban J connectivity index is 1.73. The van der Waals surface area contributed by atoms with E-state index in [1.165, 1.54) is 103 Å². The fourth-order valence-corrected chi connectivity index (χ4v) is 4.25. The van der Waals surface area contributed by atoms with Crippen molar-refractivity contribution in [3.8, 4) is 0 Å². The quantitative estimate of drug-likeness (QED) is 0.280. The van der Waals surface area contributed by atoms with Crippen LogP contribution in [0.1, 0.15) is 129 Å². The van der Waals surface area contributed by atoms with E-state index in [-0.39, 0.29) is 0 Å². The van der Waals surface area contributed by atoms with E-state index in [9.17, 15) is 9.50 Å². The molecule has 0 amide bonds. The minimum Gasteiger partial charge on any atom is -0.390 e. The average Bonchev–Trinajstić information content (AvgIpc) is 2.61. The van der Waals surface area contributed by atoms with E-state index in [1.807, 2.05) is 0 Å². The predicted octanol–water partition coefficient (Wildman–Crippen LogP) is 7.75. The number of unbranched alkanes of at least 4 members (excludes halogenated alkanes) is 14. The van der Waals surface area contributed by atoms with Crippen LogP contribution < -0.4 is 0 Å². The third-order valence-corrected chi connectivity index (χ3v) is 6.06. The number of halogens is 1. The second-order valence-electron chi connectivity index (χ2n) is 8.50. The van der Waals surface area contributed by atoms with Gasteiger partial charge in [-0.2, -0.15) is 0 Å². The molecule has 1 N–H and O–H groups in total. The Morgan fingerprint density at radius 3 is 1.56 bits per heavy atom. The summed E-state index contributed by atoms with van der Waals surface area (Å²) in [4.78, 5) is 0. The second kappa shape index (κ2) is 16.1. The maximum Gasteiger partial charge on any atom is 0.126 e. The van der Waals surface area contributed by atoms with E-state index in [0.29, 0.717) is 18.8 Å². The normalized spacial score (nSPS) is 23.9. The lowest BCUT2D eigenvalue weighted by atomic mass is 9.83. The van der Waals surface area contributed by atoms with Gasteiger partial charge in [0.25, 0.3) is 0 Å². The van der Waals surface area contributed by atoms with Crippen molar-refractivity contribution < 1.29 is 9.50 Å². The van der Waals surface area contributed by atoms with Crippen LogP contribution in [0.5, 0.6) is 0 Å². The van der Waals surface area contributed by atoms with Crippen LogP contribution in [-0.2, 0) is 0 Å². The van der Waals surface area contributed by atoms with Crippen molar-refractivity contribution in [2.24, 2.45) is 5.92 Å². The minimum atomic E-state index is -0.963. The highest BCUT2D eigenvalue weighted by molar-refractivity contribution is 4.79. The summed E-state index contributed by atoms with van der Waals surface area (Å²) in [6.45, 7) is 2.28. The van der Waals surface area contributed by atoms with E-state index in [4.69, 9.17) is 0 Å². The van der Waals surface area contributed by atoms with Crippen LogP contribution in [-0.4, -0.2) is 17.4 Å². The summed E-state index contributed by atoms with van der Waals surface area (Å²) in [5.74, 6) is 0.528. The molecule has 3 unspecified atom stereocenters. The highest BCUT2D eigenvalue weighted by atomic mass is 19.1. The molecule has 0 aliphatic heterocycles. The van der Waals surface area contributed by atoms with Crippen molar-refractivity contribution in [2.75, 3.05) is 0 Å². The topological polar surface area (TPSA) is 20.2 Å². The van der Waals surface area contributed by atoms with E-state index in [2.05, 4.69) is 6.92 Å². The van der Waals surface area contributed by atoms with Crippen LogP contribution in [0.15, 0.2) is 0 Å². The van der Waals surface area contributed by atoms with Gasteiger partial charge in [0.2, 0.25) is 0 Å². The third kappa shape index (κ3) is 12.8. The van der Waals surface area contributed by atoms with Gasteiger partial charge in [0.05, 0.1) is 6.10 Å². The smallest absolute Gasteiger partial charge is 0.126 e. The van der Waals surface area contributed by atoms with Gasteiger partial charge in [0, 0.05) is 0 Å². The molecule has 0 aromatic heterocycles. The van der Waals surface area contributed by atoms with E-state index in [0.717, 1.165) is 6.42 Å². The lowest BCUT2D eigenvalue weighted by molar-refractivity contribution is 0.0225. The molecule has 0 radical (unpaired) electrons. The Morgan fingerprint density at radius 1 is 0.680 bits per heavy atom. The predicted molar refractivity (Wildman–Crippen MR) is 108 cm³/mol. The summed E-state index contributed by atoms with van der Waals surface area (Å²) in [6, 6.07) is 0. The van der Waals surface area contributed by atoms with Gasteiger partial charge in [0.15, 0.2) is 0 Å². The van der Waals surface area contributed by atoms with Crippen LogP contribution in [0.4, 0.5) is 4.39 Å². The van der Waals surface area contributed by atoms with Gasteiger partial charge in [-0.15, -0.1) is 0 Å². The highest BCUT2D eigenvalue weighted by Crippen LogP contribution is 2.30. The number of alkyl halides is 1. The monoisotopic (exact) mass is 356 g/mol. The Kier molecular flexibility index (Phi) is 14.8. The van der Waals surface area contributed by atoms with E-state index < -0.39 is 12.3 Å². The van der Waals surface area contributed by atoms with E-state index in [1.54, 1.807) is 0 Å². The number of rotatable bonds is 16. The van der Waals surface area contributed by atoms with Gasteiger partial charge in [-0.25, -0.2) is 4.39 Å². The molecule has 0 bridgehead atoms. The number of hydrogen-bond donors (Lipinski definition) is 1. The van der Waals surface area contributed by atoms with Crippen molar-refractivity contribution >= 4 is 0 Å². The first-order valence-corrected chi connectivity index (χ1v) is 11.6. The number of aliphatic hydroxyl groups excluding tert-OH is 1. The van der Waals surface area contributed by atoms with Gasteiger partial charge >= 0.3 is 0 Å². The summed E-state index contributed by atoms with van der Waals surface area (Å²) in [5, 5.41) is 9.42. The zero-order valence-corrected chi connectivity index (χ0v) is 17.0. The zero-order chi connectivity index (χ0) is 18.2. The van der Waals surface area contributed by atoms with Crippen LogP contribution in [0.3, 0.4) is 0 Å². The van der Waals surface area contributed by atoms with Crippen molar-refractivity contribution in [1.82, 2.24) is 0 Å². The maximum atomic E-state index is 13.5. The lowest BCUT2D eigenvalue weighted by Crippen LogP contribution is -2.30. The summed E-state index contributed by atoms with van der Waals surface area (Å²) in [7, 11) is 0. The molecule has 0 spiro atoms. The largest absolute Gasteiger partial charge is 0.390 e. The molecule has 0 aromatic carbocycles. The first-order chi connectivity index (χ1) is 12.2. The fraction of sp³-hybridized carbons (Fsp3) is 1.00.